The molecule has 1 rings (SSSR count). The zero-order valence-electron chi connectivity index (χ0n) is 24.9. The van der Waals surface area contributed by atoms with Gasteiger partial charge in [0.25, 0.3) is 0 Å². The fourth-order valence-electron chi connectivity index (χ4n) is 3.06. The molecule has 0 saturated carbocycles. The van der Waals surface area contributed by atoms with Crippen LogP contribution in [0.3, 0.4) is 0 Å². The van der Waals surface area contributed by atoms with Crippen LogP contribution in [0, 0.1) is 20.5 Å². The molecule has 0 aliphatic heterocycles. The van der Waals surface area contributed by atoms with E-state index in [1.807, 2.05) is 0 Å². The number of benzene rings is 1. The number of methoxy groups -OCH3 is 3. The number of hydrogen-bond donors (Lipinski definition) is 7. The summed E-state index contributed by atoms with van der Waals surface area (Å²) >= 11 is 0. The normalized spacial score (nSPS) is 12.6. The first kappa shape index (κ1) is 44.0. The number of carboxylic acids is 3. The van der Waals surface area contributed by atoms with E-state index in [-0.39, 0.29) is 90.9 Å². The van der Waals surface area contributed by atoms with E-state index in [4.69, 9.17) is 35.3 Å². The smallest absolute Gasteiger partial charge is 0.550 e. The average molecular weight is 625 g/mol. The van der Waals surface area contributed by atoms with Crippen molar-refractivity contribution in [3.8, 4) is 17.2 Å². The van der Waals surface area contributed by atoms with Crippen LogP contribution < -0.4 is 87.3 Å². The van der Waals surface area contributed by atoms with E-state index < -0.39 is 53.9 Å². The van der Waals surface area contributed by atoms with E-state index in [1.54, 1.807) is 33.5 Å². The van der Waals surface area contributed by atoms with Crippen molar-refractivity contribution in [2.75, 3.05) is 21.3 Å². The number of carbonyl (C=O) groups is 5. The Morgan fingerprint density at radius 2 is 1.38 bits per heavy atom. The molecule has 4 atom stereocenters. The summed E-state index contributed by atoms with van der Waals surface area (Å²) in [7, 11) is 8.03. The standard InChI is InChI=1S/C16H27N4O8.C9H11O3.CH3.K/c1-8(18-2)13(22)20-11(16(27)28)6-7-12(21)19-10(15(25)26)5-3-4-9(17)14(23)24;1-10-7-5-4-6-8(11-2)9(7)12-3;;/h8-11,18H,2-7,17H2,1H3,(H,19,21)(H,20,22)(H,23,24)(H,25,26)(H,27,28);5-6H,1-3H3;1H3;/q3*-1;+1. The van der Waals surface area contributed by atoms with E-state index in [2.05, 4.69) is 29.1 Å². The minimum absolute atomic E-state index is 0. The van der Waals surface area contributed by atoms with Crippen LogP contribution in [0.25, 0.3) is 0 Å². The second-order valence-corrected chi connectivity index (χ2v) is 8.32. The van der Waals surface area contributed by atoms with Crippen molar-refractivity contribution in [2.45, 2.75) is 63.2 Å². The number of nitrogens with one attached hydrogen (secondary N) is 3. The summed E-state index contributed by atoms with van der Waals surface area (Å²) in [6.07, 6.45) is -0.405. The Bertz CT molecular complexity index is 975. The first-order valence-corrected chi connectivity index (χ1v) is 12.0. The van der Waals surface area contributed by atoms with Crippen LogP contribution in [0.2, 0.25) is 0 Å². The number of carboxylic acid groups (broad SMARTS) is 3. The molecule has 15 nitrogen and oxygen atoms in total. The van der Waals surface area contributed by atoms with Gasteiger partial charge in [-0.2, -0.15) is 6.07 Å². The van der Waals surface area contributed by atoms with Gasteiger partial charge in [0.1, 0.15) is 18.1 Å². The molecule has 2 amide bonds. The number of aliphatic carboxylic acids is 3. The van der Waals surface area contributed by atoms with Gasteiger partial charge >= 0.3 is 69.3 Å². The minimum atomic E-state index is -1.34. The van der Waals surface area contributed by atoms with Crippen LogP contribution in [0.1, 0.15) is 39.0 Å². The van der Waals surface area contributed by atoms with Crippen molar-refractivity contribution >= 4 is 29.7 Å². The fraction of sp³-hybridized carbons (Fsp3) is 0.500. The van der Waals surface area contributed by atoms with Crippen molar-refractivity contribution in [2.24, 2.45) is 5.73 Å². The Hall–Kier alpha value is -2.47. The van der Waals surface area contributed by atoms with Crippen molar-refractivity contribution in [1.82, 2.24) is 16.0 Å². The Morgan fingerprint density at radius 3 is 1.79 bits per heavy atom. The van der Waals surface area contributed by atoms with Gasteiger partial charge in [0.05, 0.1) is 44.6 Å². The molecule has 1 aromatic carbocycles. The zero-order chi connectivity index (χ0) is 30.8. The van der Waals surface area contributed by atoms with Crippen molar-refractivity contribution in [3.05, 3.63) is 32.7 Å². The quantitative estimate of drug-likeness (QED) is 0.0687. The number of amides is 2. The summed E-state index contributed by atoms with van der Waals surface area (Å²) in [5.41, 5.74) is 5.33. The Kier molecular flexibility index (Phi) is 25.1. The first-order chi connectivity index (χ1) is 18.8. The molecule has 234 valence electrons. The van der Waals surface area contributed by atoms with Crippen LogP contribution in [0.15, 0.2) is 12.1 Å². The van der Waals surface area contributed by atoms with Gasteiger partial charge in [0, 0.05) is 6.42 Å². The number of carbonyl (C=O) groups excluding carboxylic acids is 2. The molecule has 0 heterocycles. The number of ether oxygens (including phenoxy) is 3. The van der Waals surface area contributed by atoms with Gasteiger partial charge in [-0.1, -0.05) is 0 Å². The van der Waals surface area contributed by atoms with Crippen LogP contribution in [0.5, 0.6) is 17.2 Å². The van der Waals surface area contributed by atoms with Crippen LogP contribution in [-0.4, -0.2) is 90.5 Å². The zero-order valence-corrected chi connectivity index (χ0v) is 28.0. The third-order valence-electron chi connectivity index (χ3n) is 5.45. The van der Waals surface area contributed by atoms with E-state index in [9.17, 15) is 24.0 Å². The molecular weight excluding hydrogens is 583 g/mol. The van der Waals surface area contributed by atoms with Gasteiger partial charge in [0.15, 0.2) is 0 Å². The fourth-order valence-corrected chi connectivity index (χ4v) is 3.06. The predicted octanol–water partition coefficient (Wildman–Crippen LogP) is -2.78. The van der Waals surface area contributed by atoms with Gasteiger partial charge in [-0.05, 0) is 32.6 Å². The maximum Gasteiger partial charge on any atom is 1.00 e. The molecule has 1 aromatic rings. The molecule has 0 spiro atoms. The van der Waals surface area contributed by atoms with Gasteiger partial charge < -0.3 is 58.6 Å². The minimum Gasteiger partial charge on any atom is -0.550 e. The maximum atomic E-state index is 11.9. The van der Waals surface area contributed by atoms with E-state index in [0.29, 0.717) is 17.2 Å². The largest absolute Gasteiger partial charge is 1.00 e. The van der Waals surface area contributed by atoms with Gasteiger partial charge in [-0.15, -0.1) is 12.1 Å². The molecule has 16 heteroatoms. The number of rotatable bonds is 17. The van der Waals surface area contributed by atoms with Crippen LogP contribution >= 0.6 is 0 Å². The third kappa shape index (κ3) is 16.8. The Balaban J connectivity index is -0.000000908. The summed E-state index contributed by atoms with van der Waals surface area (Å²) in [4.78, 5) is 56.7. The van der Waals surface area contributed by atoms with Crippen LogP contribution in [-0.2, 0) is 24.0 Å². The van der Waals surface area contributed by atoms with Crippen molar-refractivity contribution < 1.29 is 105 Å². The first-order valence-electron chi connectivity index (χ1n) is 12.0. The molecule has 0 saturated heterocycles. The van der Waals surface area contributed by atoms with E-state index in [0.717, 1.165) is 0 Å². The molecule has 42 heavy (non-hydrogen) atoms. The van der Waals surface area contributed by atoms with Gasteiger partial charge in [0.2, 0.25) is 11.8 Å². The summed E-state index contributed by atoms with van der Waals surface area (Å²) in [5.74, 6) is -3.33. The number of nitrogens with two attached hydrogens (primary N) is 1. The molecule has 0 aliphatic rings. The molecule has 0 bridgehead atoms. The molecule has 0 aliphatic carbocycles. The molecule has 0 radical (unpaired) electrons. The molecule has 4 unspecified atom stereocenters. The summed E-state index contributed by atoms with van der Waals surface area (Å²) in [6.45, 7) is 1.47. The topological polar surface area (TPSA) is 236 Å². The second kappa shape index (κ2) is 24.0. The molecular formula is C26H41KN4O11-2. The van der Waals surface area contributed by atoms with Gasteiger partial charge in [-0.3, -0.25) is 21.4 Å². The number of hydrogen-bond acceptors (Lipinski definition) is 10. The summed E-state index contributed by atoms with van der Waals surface area (Å²) < 4.78 is 15.2. The SMILES string of the molecule is COc1c[c-]cc(OC)c1OC.[CH2-]NC(C)C(=O)NC(CCC(=O)NC(CCCC(N)C(=O)O)C(=O)O)C(=O)O.[CH3-].[K+]. The maximum absolute atomic E-state index is 11.9. The summed E-state index contributed by atoms with van der Waals surface area (Å²) in [5, 5.41) is 33.9. The van der Waals surface area contributed by atoms with Gasteiger partial charge in [-0.25, -0.2) is 9.59 Å². The Labute approximate surface area is 288 Å². The Morgan fingerprint density at radius 1 is 0.881 bits per heavy atom. The van der Waals surface area contributed by atoms with Crippen LogP contribution in [0.4, 0.5) is 0 Å². The molecule has 0 fully saturated rings. The average Bonchev–Trinajstić information content (AvgIpc) is 2.93. The second-order valence-electron chi connectivity index (χ2n) is 8.32. The molecule has 8 N–H and O–H groups in total. The van der Waals surface area contributed by atoms with Crippen molar-refractivity contribution in [3.63, 3.8) is 0 Å². The van der Waals surface area contributed by atoms with E-state index >= 15 is 0 Å². The summed E-state index contributed by atoms with van der Waals surface area (Å²) in [6, 6.07) is 1.82. The predicted molar refractivity (Wildman–Crippen MR) is 147 cm³/mol. The third-order valence-corrected chi connectivity index (χ3v) is 5.45. The van der Waals surface area contributed by atoms with Crippen molar-refractivity contribution in [1.29, 1.82) is 0 Å². The van der Waals surface area contributed by atoms with E-state index in [1.165, 1.54) is 6.92 Å². The molecule has 0 aromatic heterocycles. The monoisotopic (exact) mass is 624 g/mol.